The molecule has 0 saturated carbocycles. The van der Waals surface area contributed by atoms with Gasteiger partial charge in [0, 0.05) is 5.69 Å². The maximum absolute atomic E-state index is 11.2. The van der Waals surface area contributed by atoms with Gasteiger partial charge in [-0.2, -0.15) is 0 Å². The molecular formula is C14H10ClN3O3. The van der Waals surface area contributed by atoms with Crippen LogP contribution in [0, 0.1) is 0 Å². The number of fused-ring (bicyclic) bond motifs is 1. The van der Waals surface area contributed by atoms with Crippen molar-refractivity contribution in [2.75, 3.05) is 5.32 Å². The molecule has 6 nitrogen and oxygen atoms in total. The number of hydrogen-bond acceptors (Lipinski definition) is 3. The van der Waals surface area contributed by atoms with Gasteiger partial charge < -0.3 is 20.4 Å². The Morgan fingerprint density at radius 1 is 1.10 bits per heavy atom. The molecule has 0 radical (unpaired) electrons. The number of anilines is 2. The van der Waals surface area contributed by atoms with E-state index < -0.39 is 5.97 Å². The number of aromatic carboxylic acids is 1. The van der Waals surface area contributed by atoms with Gasteiger partial charge in [-0.05, 0) is 36.4 Å². The fourth-order valence-corrected chi connectivity index (χ4v) is 2.24. The van der Waals surface area contributed by atoms with Crippen LogP contribution in [-0.4, -0.2) is 21.0 Å². The Bertz CT molecular complexity index is 898. The van der Waals surface area contributed by atoms with E-state index in [4.69, 9.17) is 16.7 Å². The zero-order valence-corrected chi connectivity index (χ0v) is 11.4. The molecule has 21 heavy (non-hydrogen) atoms. The van der Waals surface area contributed by atoms with Crippen LogP contribution in [0.15, 0.2) is 41.2 Å². The van der Waals surface area contributed by atoms with E-state index in [0.717, 1.165) is 5.69 Å². The third-order valence-electron chi connectivity index (χ3n) is 3.01. The topological polar surface area (TPSA) is 98.0 Å². The van der Waals surface area contributed by atoms with Gasteiger partial charge >= 0.3 is 11.7 Å². The van der Waals surface area contributed by atoms with Crippen LogP contribution in [-0.2, 0) is 0 Å². The van der Waals surface area contributed by atoms with Crippen LogP contribution < -0.4 is 11.0 Å². The molecule has 0 saturated heterocycles. The molecule has 1 heterocycles. The third kappa shape index (κ3) is 2.61. The Balaban J connectivity index is 1.94. The molecule has 0 atom stereocenters. The summed E-state index contributed by atoms with van der Waals surface area (Å²) in [6.07, 6.45) is 0. The van der Waals surface area contributed by atoms with Gasteiger partial charge in [0.2, 0.25) is 0 Å². The van der Waals surface area contributed by atoms with Crippen LogP contribution in [0.1, 0.15) is 10.4 Å². The lowest BCUT2D eigenvalue weighted by Crippen LogP contribution is -1.99. The van der Waals surface area contributed by atoms with Crippen LogP contribution in [0.3, 0.4) is 0 Å². The summed E-state index contributed by atoms with van der Waals surface area (Å²) < 4.78 is 0. The van der Waals surface area contributed by atoms with Gasteiger partial charge in [0.05, 0.1) is 27.3 Å². The van der Waals surface area contributed by atoms with Crippen molar-refractivity contribution in [3.8, 4) is 0 Å². The van der Waals surface area contributed by atoms with Crippen molar-refractivity contribution in [2.24, 2.45) is 0 Å². The molecule has 0 spiro atoms. The first-order valence-corrected chi connectivity index (χ1v) is 6.42. The van der Waals surface area contributed by atoms with Gasteiger partial charge in [0.25, 0.3) is 0 Å². The smallest absolute Gasteiger partial charge is 0.335 e. The van der Waals surface area contributed by atoms with Gasteiger partial charge in [-0.25, -0.2) is 9.59 Å². The summed E-state index contributed by atoms with van der Waals surface area (Å²) >= 11 is 6.06. The fraction of sp³-hybridized carbons (Fsp3) is 0. The normalized spacial score (nSPS) is 10.7. The van der Waals surface area contributed by atoms with E-state index in [0.29, 0.717) is 21.7 Å². The third-order valence-corrected chi connectivity index (χ3v) is 3.32. The largest absolute Gasteiger partial charge is 0.478 e. The van der Waals surface area contributed by atoms with E-state index in [1.54, 1.807) is 24.3 Å². The molecule has 0 fully saturated rings. The Hall–Kier alpha value is -2.73. The number of aromatic amines is 2. The second kappa shape index (κ2) is 4.99. The van der Waals surface area contributed by atoms with Crippen LogP contribution in [0.4, 0.5) is 11.4 Å². The lowest BCUT2D eigenvalue weighted by molar-refractivity contribution is 0.0697. The molecular weight excluding hydrogens is 294 g/mol. The zero-order valence-electron chi connectivity index (χ0n) is 10.6. The lowest BCUT2D eigenvalue weighted by Gasteiger charge is -2.09. The lowest BCUT2D eigenvalue weighted by atomic mass is 10.2. The summed E-state index contributed by atoms with van der Waals surface area (Å²) in [4.78, 5) is 27.4. The van der Waals surface area contributed by atoms with Gasteiger partial charge in [-0.1, -0.05) is 11.6 Å². The summed E-state index contributed by atoms with van der Waals surface area (Å²) in [5, 5.41) is 12.3. The van der Waals surface area contributed by atoms with Crippen molar-refractivity contribution in [1.82, 2.24) is 9.97 Å². The minimum Gasteiger partial charge on any atom is -0.478 e. The molecule has 0 unspecified atom stereocenters. The van der Waals surface area contributed by atoms with E-state index in [-0.39, 0.29) is 11.3 Å². The Labute approximate surface area is 123 Å². The molecule has 3 rings (SSSR count). The quantitative estimate of drug-likeness (QED) is 0.598. The second-order valence-corrected chi connectivity index (χ2v) is 4.87. The predicted molar refractivity (Wildman–Crippen MR) is 80.6 cm³/mol. The molecule has 0 amide bonds. The zero-order chi connectivity index (χ0) is 15.0. The van der Waals surface area contributed by atoms with Gasteiger partial charge in [0.15, 0.2) is 0 Å². The first kappa shape index (κ1) is 13.3. The van der Waals surface area contributed by atoms with E-state index in [1.165, 1.54) is 12.1 Å². The maximum Gasteiger partial charge on any atom is 0.335 e. The van der Waals surface area contributed by atoms with E-state index >= 15 is 0 Å². The minimum atomic E-state index is -1.03. The number of aromatic nitrogens is 2. The second-order valence-electron chi connectivity index (χ2n) is 4.46. The van der Waals surface area contributed by atoms with Crippen molar-refractivity contribution in [3.05, 3.63) is 57.5 Å². The van der Waals surface area contributed by atoms with E-state index in [1.807, 2.05) is 0 Å². The summed E-state index contributed by atoms with van der Waals surface area (Å²) in [7, 11) is 0. The molecule has 7 heteroatoms. The van der Waals surface area contributed by atoms with E-state index in [9.17, 15) is 9.59 Å². The number of halogens is 1. The van der Waals surface area contributed by atoms with Crippen molar-refractivity contribution >= 4 is 40.0 Å². The van der Waals surface area contributed by atoms with Crippen molar-refractivity contribution in [2.45, 2.75) is 0 Å². The van der Waals surface area contributed by atoms with Crippen LogP contribution >= 0.6 is 11.6 Å². The molecule has 3 aromatic rings. The van der Waals surface area contributed by atoms with Crippen molar-refractivity contribution in [3.63, 3.8) is 0 Å². The van der Waals surface area contributed by atoms with Gasteiger partial charge in [-0.15, -0.1) is 0 Å². The number of carboxylic acid groups (broad SMARTS) is 1. The molecule has 4 N–H and O–H groups in total. The summed E-state index contributed by atoms with van der Waals surface area (Å²) in [6, 6.07) is 9.74. The highest BCUT2D eigenvalue weighted by Crippen LogP contribution is 2.27. The highest BCUT2D eigenvalue weighted by Gasteiger charge is 2.08. The predicted octanol–water partition coefficient (Wildman–Crippen LogP) is 2.95. The Kier molecular flexibility index (Phi) is 3.15. The van der Waals surface area contributed by atoms with Crippen LogP contribution in [0.25, 0.3) is 11.0 Å². The monoisotopic (exact) mass is 303 g/mol. The van der Waals surface area contributed by atoms with Crippen molar-refractivity contribution in [1.29, 1.82) is 0 Å². The highest BCUT2D eigenvalue weighted by atomic mass is 35.5. The molecule has 1 aromatic heterocycles. The average molecular weight is 304 g/mol. The standard InChI is InChI=1S/C14H10ClN3O3/c15-9-5-7(13(19)20)1-3-10(9)16-8-2-4-11-12(6-8)18-14(21)17-11/h1-6,16H,(H,19,20)(H2,17,18,21). The number of nitrogens with one attached hydrogen (secondary N) is 3. The number of imidazole rings is 1. The molecule has 0 aliphatic carbocycles. The van der Waals surface area contributed by atoms with Crippen LogP contribution in [0.2, 0.25) is 5.02 Å². The molecule has 0 aliphatic rings. The summed E-state index contributed by atoms with van der Waals surface area (Å²) in [6.45, 7) is 0. The summed E-state index contributed by atoms with van der Waals surface area (Å²) in [5.41, 5.74) is 2.53. The fourth-order valence-electron chi connectivity index (χ4n) is 2.02. The SMILES string of the molecule is O=C(O)c1ccc(Nc2ccc3[nH]c(=O)[nH]c3c2)c(Cl)c1. The number of hydrogen-bond donors (Lipinski definition) is 4. The maximum atomic E-state index is 11.2. The Morgan fingerprint density at radius 3 is 2.57 bits per heavy atom. The first-order valence-electron chi connectivity index (χ1n) is 6.05. The number of rotatable bonds is 3. The molecule has 2 aromatic carbocycles. The number of carboxylic acids is 1. The summed E-state index contributed by atoms with van der Waals surface area (Å²) in [5.74, 6) is -1.03. The van der Waals surface area contributed by atoms with Crippen LogP contribution in [0.5, 0.6) is 0 Å². The average Bonchev–Trinajstić information content (AvgIpc) is 2.80. The Morgan fingerprint density at radius 2 is 1.86 bits per heavy atom. The van der Waals surface area contributed by atoms with E-state index in [2.05, 4.69) is 15.3 Å². The number of carbonyl (C=O) groups is 1. The van der Waals surface area contributed by atoms with Crippen molar-refractivity contribution < 1.29 is 9.90 Å². The number of H-pyrrole nitrogens is 2. The minimum absolute atomic E-state index is 0.121. The van der Waals surface area contributed by atoms with Gasteiger partial charge in [-0.3, -0.25) is 0 Å². The highest BCUT2D eigenvalue weighted by molar-refractivity contribution is 6.33. The number of benzene rings is 2. The molecule has 106 valence electrons. The molecule has 0 aliphatic heterocycles. The van der Waals surface area contributed by atoms with Gasteiger partial charge in [0.1, 0.15) is 0 Å². The first-order chi connectivity index (χ1) is 10.0. The molecule has 0 bridgehead atoms.